The van der Waals surface area contributed by atoms with Gasteiger partial charge in [0, 0.05) is 44.0 Å². The van der Waals surface area contributed by atoms with Crippen LogP contribution in [0.15, 0.2) is 24.3 Å². The minimum atomic E-state index is -4.43. The highest BCUT2D eigenvalue weighted by Crippen LogP contribution is 2.21. The highest BCUT2D eigenvalue weighted by Gasteiger charge is 2.32. The van der Waals surface area contributed by atoms with E-state index in [4.69, 9.17) is 4.74 Å². The van der Waals surface area contributed by atoms with E-state index in [2.05, 4.69) is 4.90 Å². The second kappa shape index (κ2) is 8.92. The summed E-state index contributed by atoms with van der Waals surface area (Å²) in [5.74, 6) is -0.647. The largest absolute Gasteiger partial charge is 0.444 e. The van der Waals surface area contributed by atoms with Crippen LogP contribution in [0.3, 0.4) is 0 Å². The Morgan fingerprint density at radius 1 is 1.03 bits per heavy atom. The van der Waals surface area contributed by atoms with E-state index in [1.165, 1.54) is 19.1 Å². The molecule has 2 rings (SSSR count). The van der Waals surface area contributed by atoms with Crippen LogP contribution in [0.1, 0.15) is 38.1 Å². The van der Waals surface area contributed by atoms with Crippen LogP contribution >= 0.6 is 0 Å². The summed E-state index contributed by atoms with van der Waals surface area (Å²) in [6.45, 7) is 7.89. The Hall–Kier alpha value is -2.45. The predicted molar refractivity (Wildman–Crippen MR) is 104 cm³/mol. The highest BCUT2D eigenvalue weighted by atomic mass is 19.4. The predicted octanol–water partition coefficient (Wildman–Crippen LogP) is 3.77. The second-order valence-corrected chi connectivity index (χ2v) is 7.94. The first-order valence-corrected chi connectivity index (χ1v) is 9.58. The van der Waals surface area contributed by atoms with Crippen LogP contribution in [0.2, 0.25) is 0 Å². The van der Waals surface area contributed by atoms with E-state index in [9.17, 15) is 22.8 Å². The molecule has 0 aromatic heterocycles. The minimum Gasteiger partial charge on any atom is -0.444 e. The van der Waals surface area contributed by atoms with Crippen molar-refractivity contribution in [2.24, 2.45) is 0 Å². The number of hydrogen-bond acceptors (Lipinski definition) is 4. The number of carbonyl (C=O) groups excluding carboxylic acids is 2. The summed E-state index contributed by atoms with van der Waals surface area (Å²) >= 11 is 0. The van der Waals surface area contributed by atoms with Crippen LogP contribution in [0.5, 0.6) is 0 Å². The van der Waals surface area contributed by atoms with Gasteiger partial charge in [-0.1, -0.05) is 0 Å². The molecule has 0 spiro atoms. The summed E-state index contributed by atoms with van der Waals surface area (Å²) in [5, 5.41) is 0. The Labute approximate surface area is 169 Å². The fourth-order valence-electron chi connectivity index (χ4n) is 3.01. The number of halogens is 3. The van der Waals surface area contributed by atoms with E-state index in [1.54, 1.807) is 17.0 Å². The number of anilines is 1. The first-order valence-electron chi connectivity index (χ1n) is 9.58. The molecule has 9 heteroatoms. The molecule has 0 bridgehead atoms. The van der Waals surface area contributed by atoms with Gasteiger partial charge in [0.2, 0.25) is 0 Å². The van der Waals surface area contributed by atoms with Gasteiger partial charge < -0.3 is 19.4 Å². The van der Waals surface area contributed by atoms with Crippen molar-refractivity contribution in [3.63, 3.8) is 0 Å². The van der Waals surface area contributed by atoms with Crippen LogP contribution in [-0.2, 0) is 4.74 Å². The number of piperazine rings is 1. The number of amides is 2. The van der Waals surface area contributed by atoms with E-state index < -0.39 is 24.2 Å². The van der Waals surface area contributed by atoms with Gasteiger partial charge in [0.15, 0.2) is 0 Å². The molecule has 0 aliphatic carbocycles. The van der Waals surface area contributed by atoms with E-state index in [0.29, 0.717) is 26.2 Å². The third-order valence-electron chi connectivity index (χ3n) is 4.45. The Bertz CT molecular complexity index is 706. The summed E-state index contributed by atoms with van der Waals surface area (Å²) < 4.78 is 43.2. The molecule has 0 unspecified atom stereocenters. The smallest absolute Gasteiger partial charge is 0.410 e. The Morgan fingerprint density at radius 3 is 2.03 bits per heavy atom. The molecule has 0 N–H and O–H groups in total. The van der Waals surface area contributed by atoms with E-state index >= 15 is 0 Å². The van der Waals surface area contributed by atoms with Crippen molar-refractivity contribution in [3.05, 3.63) is 29.8 Å². The summed E-state index contributed by atoms with van der Waals surface area (Å²) in [6.07, 6.45) is -4.78. The molecule has 0 radical (unpaired) electrons. The topological polar surface area (TPSA) is 53.1 Å². The summed E-state index contributed by atoms with van der Waals surface area (Å²) in [5.41, 5.74) is 0.520. The zero-order chi connectivity index (χ0) is 21.8. The molecule has 1 aromatic carbocycles. The van der Waals surface area contributed by atoms with Crippen molar-refractivity contribution >= 4 is 17.7 Å². The van der Waals surface area contributed by atoms with Gasteiger partial charge in [0.1, 0.15) is 12.1 Å². The SMILES string of the molecule is CCN(CC(F)(F)F)C(=O)c1ccc(N2CCN(C(=O)OC(C)(C)C)CC2)cc1. The quantitative estimate of drug-likeness (QED) is 0.751. The third kappa shape index (κ3) is 6.83. The molecule has 6 nitrogen and oxygen atoms in total. The number of rotatable bonds is 4. The van der Waals surface area contributed by atoms with Gasteiger partial charge in [-0.25, -0.2) is 4.79 Å². The van der Waals surface area contributed by atoms with Crippen LogP contribution in [0, 0.1) is 0 Å². The molecular formula is C20H28F3N3O3. The molecule has 0 atom stereocenters. The van der Waals surface area contributed by atoms with Crippen molar-refractivity contribution in [2.45, 2.75) is 39.5 Å². The molecule has 0 saturated carbocycles. The number of alkyl halides is 3. The second-order valence-electron chi connectivity index (χ2n) is 7.94. The summed E-state index contributed by atoms with van der Waals surface area (Å²) in [4.78, 5) is 28.9. The Balaban J connectivity index is 1.96. The Morgan fingerprint density at radius 2 is 1.59 bits per heavy atom. The summed E-state index contributed by atoms with van der Waals surface area (Å²) in [7, 11) is 0. The van der Waals surface area contributed by atoms with Crippen LogP contribution in [0.25, 0.3) is 0 Å². The normalized spacial score (nSPS) is 15.3. The van der Waals surface area contributed by atoms with Crippen molar-refractivity contribution < 1.29 is 27.5 Å². The highest BCUT2D eigenvalue weighted by molar-refractivity contribution is 5.94. The summed E-state index contributed by atoms with van der Waals surface area (Å²) in [6, 6.07) is 6.52. The maximum Gasteiger partial charge on any atom is 0.410 e. The monoisotopic (exact) mass is 415 g/mol. The zero-order valence-electron chi connectivity index (χ0n) is 17.3. The average molecular weight is 415 g/mol. The van der Waals surface area contributed by atoms with Crippen LogP contribution < -0.4 is 4.90 Å². The third-order valence-corrected chi connectivity index (χ3v) is 4.45. The van der Waals surface area contributed by atoms with Crippen molar-refractivity contribution in [1.29, 1.82) is 0 Å². The number of nitrogens with zero attached hydrogens (tertiary/aromatic N) is 3. The number of benzene rings is 1. The number of carbonyl (C=O) groups is 2. The molecule has 1 heterocycles. The molecular weight excluding hydrogens is 387 g/mol. The van der Waals surface area contributed by atoms with Gasteiger partial charge in [0.05, 0.1) is 0 Å². The Kier molecular flexibility index (Phi) is 7.02. The molecule has 2 amide bonds. The van der Waals surface area contributed by atoms with Gasteiger partial charge in [-0.3, -0.25) is 4.79 Å². The van der Waals surface area contributed by atoms with E-state index in [-0.39, 0.29) is 18.2 Å². The van der Waals surface area contributed by atoms with Crippen LogP contribution in [0.4, 0.5) is 23.7 Å². The fraction of sp³-hybridized carbons (Fsp3) is 0.600. The van der Waals surface area contributed by atoms with E-state index in [1.807, 2.05) is 20.8 Å². The molecule has 1 aliphatic rings. The maximum atomic E-state index is 12.6. The minimum absolute atomic E-state index is 0.0211. The fourth-order valence-corrected chi connectivity index (χ4v) is 3.01. The zero-order valence-corrected chi connectivity index (χ0v) is 17.3. The van der Waals surface area contributed by atoms with Crippen molar-refractivity contribution in [1.82, 2.24) is 9.80 Å². The van der Waals surface area contributed by atoms with Gasteiger partial charge in [-0.05, 0) is 52.0 Å². The van der Waals surface area contributed by atoms with Gasteiger partial charge in [-0.15, -0.1) is 0 Å². The number of hydrogen-bond donors (Lipinski definition) is 0. The van der Waals surface area contributed by atoms with E-state index in [0.717, 1.165) is 10.6 Å². The molecule has 1 saturated heterocycles. The first-order chi connectivity index (χ1) is 13.4. The van der Waals surface area contributed by atoms with Gasteiger partial charge in [-0.2, -0.15) is 13.2 Å². The molecule has 162 valence electrons. The number of ether oxygens (including phenoxy) is 1. The lowest BCUT2D eigenvalue weighted by atomic mass is 10.1. The standard InChI is InChI=1S/C20H28F3N3O3/c1-5-24(14-20(21,22)23)17(27)15-6-8-16(9-7-15)25-10-12-26(13-11-25)18(28)29-19(2,3)4/h6-9H,5,10-14H2,1-4H3. The molecule has 1 aromatic rings. The van der Waals surface area contributed by atoms with Crippen molar-refractivity contribution in [2.75, 3.05) is 44.2 Å². The van der Waals surface area contributed by atoms with Crippen LogP contribution in [-0.4, -0.2) is 72.8 Å². The average Bonchev–Trinajstić information content (AvgIpc) is 2.64. The lowest BCUT2D eigenvalue weighted by molar-refractivity contribution is -0.140. The molecule has 1 aliphatic heterocycles. The van der Waals surface area contributed by atoms with Crippen molar-refractivity contribution in [3.8, 4) is 0 Å². The lowest BCUT2D eigenvalue weighted by Gasteiger charge is -2.36. The molecule has 29 heavy (non-hydrogen) atoms. The van der Waals surface area contributed by atoms with Gasteiger partial charge >= 0.3 is 12.3 Å². The molecule has 1 fully saturated rings. The first kappa shape index (κ1) is 22.8. The lowest BCUT2D eigenvalue weighted by Crippen LogP contribution is -2.50. The maximum absolute atomic E-state index is 12.6. The van der Waals surface area contributed by atoms with Gasteiger partial charge in [0.25, 0.3) is 5.91 Å².